The molecule has 3 aliphatic rings. The second-order valence-corrected chi connectivity index (χ2v) is 11.7. The Balaban J connectivity index is 1.72. The summed E-state index contributed by atoms with van der Waals surface area (Å²) in [5, 5.41) is 0.417. The summed E-state index contributed by atoms with van der Waals surface area (Å²) in [6.45, 7) is 5.36. The number of fused-ring (bicyclic) bond motifs is 2. The van der Waals surface area contributed by atoms with Gasteiger partial charge < -0.3 is 14.2 Å². The second kappa shape index (κ2) is 9.64. The van der Waals surface area contributed by atoms with Gasteiger partial charge in [-0.15, -0.1) is 4.72 Å². The van der Waals surface area contributed by atoms with Crippen LogP contribution in [0.15, 0.2) is 36.4 Å². The van der Waals surface area contributed by atoms with Gasteiger partial charge in [0.2, 0.25) is 0 Å². The minimum atomic E-state index is -1.34. The monoisotopic (exact) mass is 510 g/mol. The number of carbonyl (C=O) groups is 1. The van der Waals surface area contributed by atoms with Crippen LogP contribution in [0.2, 0.25) is 5.02 Å². The van der Waals surface area contributed by atoms with E-state index in [0.29, 0.717) is 10.6 Å². The Bertz CT molecular complexity index is 1070. The number of rotatable bonds is 5. The van der Waals surface area contributed by atoms with E-state index in [4.69, 9.17) is 16.3 Å². The van der Waals surface area contributed by atoms with Crippen LogP contribution < -0.4 is 4.72 Å². The molecule has 3 fully saturated rings. The van der Waals surface area contributed by atoms with Crippen LogP contribution >= 0.6 is 11.6 Å². The molecule has 34 heavy (non-hydrogen) atoms. The molecule has 1 aliphatic carbocycles. The van der Waals surface area contributed by atoms with Crippen LogP contribution in [0, 0.1) is 17.6 Å². The molecule has 1 unspecified atom stereocenters. The third-order valence-electron chi connectivity index (χ3n) is 6.41. The molecule has 3 atom stereocenters. The Morgan fingerprint density at radius 2 is 1.97 bits per heavy atom. The molecule has 9 heteroatoms. The summed E-state index contributed by atoms with van der Waals surface area (Å²) >= 11 is 4.72. The summed E-state index contributed by atoms with van der Waals surface area (Å²) in [4.78, 5) is 14.8. The molecular weight excluding hydrogens is 482 g/mol. The smallest absolute Gasteiger partial charge is 0.410 e. The van der Waals surface area contributed by atoms with Crippen LogP contribution in [0.4, 0.5) is 13.6 Å². The first-order valence-electron chi connectivity index (χ1n) is 11.3. The van der Waals surface area contributed by atoms with Gasteiger partial charge in [-0.1, -0.05) is 23.7 Å². The van der Waals surface area contributed by atoms with Crippen molar-refractivity contribution in [3.8, 4) is 11.1 Å². The lowest BCUT2D eigenvalue weighted by Gasteiger charge is -2.57. The largest absolute Gasteiger partial charge is 0.598 e. The van der Waals surface area contributed by atoms with Crippen molar-refractivity contribution in [3.05, 3.63) is 58.6 Å². The molecule has 2 aromatic rings. The molecule has 1 N–H and O–H groups in total. The van der Waals surface area contributed by atoms with E-state index in [1.807, 2.05) is 0 Å². The summed E-state index contributed by atoms with van der Waals surface area (Å²) in [6.07, 6.45) is 2.59. The molecule has 1 saturated carbocycles. The van der Waals surface area contributed by atoms with E-state index in [1.54, 1.807) is 49.9 Å². The van der Waals surface area contributed by atoms with Gasteiger partial charge in [0.15, 0.2) is 0 Å². The molecule has 2 saturated heterocycles. The highest BCUT2D eigenvalue weighted by Crippen LogP contribution is 2.45. The highest BCUT2D eigenvalue weighted by Gasteiger charge is 2.54. The molecule has 5 nitrogen and oxygen atoms in total. The molecule has 2 heterocycles. The summed E-state index contributed by atoms with van der Waals surface area (Å²) in [5.74, 6) is -0.954. The van der Waals surface area contributed by atoms with E-state index in [-0.39, 0.29) is 35.5 Å². The lowest BCUT2D eigenvalue weighted by molar-refractivity contribution is -0.0652. The first-order chi connectivity index (χ1) is 15.9. The van der Waals surface area contributed by atoms with Gasteiger partial charge in [0.1, 0.15) is 23.5 Å². The van der Waals surface area contributed by atoms with E-state index in [2.05, 4.69) is 4.72 Å². The fourth-order valence-electron chi connectivity index (χ4n) is 4.98. The van der Waals surface area contributed by atoms with Gasteiger partial charge in [0, 0.05) is 28.0 Å². The van der Waals surface area contributed by atoms with Crippen molar-refractivity contribution in [3.63, 3.8) is 0 Å². The average molecular weight is 511 g/mol. The topological polar surface area (TPSA) is 64.6 Å². The van der Waals surface area contributed by atoms with Crippen molar-refractivity contribution in [2.24, 2.45) is 5.92 Å². The molecule has 0 spiro atoms. The summed E-state index contributed by atoms with van der Waals surface area (Å²) < 4.78 is 51.2. The minimum Gasteiger partial charge on any atom is -0.598 e. The van der Waals surface area contributed by atoms with E-state index in [1.165, 1.54) is 6.26 Å². The zero-order valence-corrected chi connectivity index (χ0v) is 21.2. The molecule has 0 aromatic heterocycles. The molecule has 2 bridgehead atoms. The molecule has 0 radical (unpaired) electrons. The molecule has 184 valence electrons. The minimum absolute atomic E-state index is 0.0442. The predicted molar refractivity (Wildman–Crippen MR) is 130 cm³/mol. The zero-order chi connectivity index (χ0) is 24.8. The SMILES string of the molecule is C[S+]([O-])N[C@H]1C2CC(C2)N(C(=O)OC(C)(C)C)[C@H]1Cc1cc(F)cc(-c2cccc(Cl)c2)c1F. The number of piperidine rings is 2. The lowest BCUT2D eigenvalue weighted by Crippen LogP contribution is -2.70. The summed E-state index contributed by atoms with van der Waals surface area (Å²) in [7, 11) is 0. The van der Waals surface area contributed by atoms with E-state index < -0.39 is 40.7 Å². The summed E-state index contributed by atoms with van der Waals surface area (Å²) in [5.41, 5.74) is 0.00252. The number of hydrogen-bond acceptors (Lipinski definition) is 4. The Kier molecular flexibility index (Phi) is 7.16. The van der Waals surface area contributed by atoms with Gasteiger partial charge in [-0.05, 0) is 81.3 Å². The highest BCUT2D eigenvalue weighted by atomic mass is 35.5. The van der Waals surface area contributed by atoms with Crippen molar-refractivity contribution >= 4 is 29.1 Å². The van der Waals surface area contributed by atoms with Gasteiger partial charge >= 0.3 is 6.09 Å². The lowest BCUT2D eigenvalue weighted by atomic mass is 9.67. The average Bonchev–Trinajstić information content (AvgIpc) is 2.68. The van der Waals surface area contributed by atoms with Gasteiger partial charge in [0.05, 0.1) is 12.1 Å². The van der Waals surface area contributed by atoms with Crippen LogP contribution in [0.25, 0.3) is 11.1 Å². The number of nitrogens with zero attached hydrogens (tertiary/aromatic N) is 1. The fraction of sp³-hybridized carbons (Fsp3) is 0.480. The maximum absolute atomic E-state index is 15.7. The number of ether oxygens (including phenoxy) is 1. The molecule has 1 amide bonds. The first-order valence-corrected chi connectivity index (χ1v) is 13.2. The Hall–Kier alpha value is -1.87. The van der Waals surface area contributed by atoms with Crippen molar-refractivity contribution < 1.29 is 22.9 Å². The number of benzene rings is 2. The van der Waals surface area contributed by atoms with Gasteiger partial charge in [-0.3, -0.25) is 0 Å². The molecule has 2 aliphatic heterocycles. The second-order valence-electron chi connectivity index (χ2n) is 10.1. The number of halogens is 3. The molecular formula is C25H29ClF2N2O3S. The van der Waals surface area contributed by atoms with Crippen molar-refractivity contribution in [1.82, 2.24) is 9.62 Å². The Morgan fingerprint density at radius 1 is 1.26 bits per heavy atom. The van der Waals surface area contributed by atoms with Crippen molar-refractivity contribution in [2.75, 3.05) is 6.26 Å². The van der Waals surface area contributed by atoms with Crippen LogP contribution in [-0.4, -0.2) is 45.5 Å². The van der Waals surface area contributed by atoms with Crippen LogP contribution in [0.5, 0.6) is 0 Å². The van der Waals surface area contributed by atoms with E-state index in [0.717, 1.165) is 25.0 Å². The third kappa shape index (κ3) is 5.35. The number of carbonyl (C=O) groups excluding carboxylic acids is 1. The molecule has 5 rings (SSSR count). The van der Waals surface area contributed by atoms with Crippen LogP contribution in [0.3, 0.4) is 0 Å². The first kappa shape index (κ1) is 25.2. The van der Waals surface area contributed by atoms with E-state index >= 15 is 4.39 Å². The Labute approximate surface area is 207 Å². The van der Waals surface area contributed by atoms with Gasteiger partial charge in [-0.25, -0.2) is 13.6 Å². The van der Waals surface area contributed by atoms with Crippen LogP contribution in [0.1, 0.15) is 39.2 Å². The number of amides is 1. The number of hydrogen-bond donors (Lipinski definition) is 1. The maximum atomic E-state index is 15.7. The standard InChI is InChI=1S/C25H29ClF2N2O3S/c1-25(2,3)33-24(31)30-19-10-16(11-19)23(29-34(4)32)21(30)12-15-9-18(27)13-20(22(15)28)14-6-5-7-17(26)8-14/h5-9,13,16,19,21,23,29H,10-12H2,1-4H3/t16?,19?,21-,23-,34?/m0/s1. The fourth-order valence-corrected chi connectivity index (χ4v) is 5.91. The van der Waals surface area contributed by atoms with Crippen molar-refractivity contribution in [1.29, 1.82) is 0 Å². The maximum Gasteiger partial charge on any atom is 0.410 e. The van der Waals surface area contributed by atoms with Crippen LogP contribution in [-0.2, 0) is 22.5 Å². The van der Waals surface area contributed by atoms with E-state index in [9.17, 15) is 13.7 Å². The number of nitrogens with one attached hydrogen (secondary N) is 1. The van der Waals surface area contributed by atoms with Gasteiger partial charge in [0.25, 0.3) is 0 Å². The van der Waals surface area contributed by atoms with Gasteiger partial charge in [-0.2, -0.15) is 0 Å². The third-order valence-corrected chi connectivity index (χ3v) is 7.25. The zero-order valence-electron chi connectivity index (χ0n) is 19.6. The van der Waals surface area contributed by atoms with Crippen molar-refractivity contribution in [2.45, 2.75) is 63.8 Å². The quantitative estimate of drug-likeness (QED) is 0.541. The normalized spacial score (nSPS) is 25.0. The Morgan fingerprint density at radius 3 is 2.59 bits per heavy atom. The summed E-state index contributed by atoms with van der Waals surface area (Å²) in [6, 6.07) is 7.98. The molecule has 2 aromatic carbocycles. The highest BCUT2D eigenvalue weighted by molar-refractivity contribution is 7.88. The predicted octanol–water partition coefficient (Wildman–Crippen LogP) is 5.48.